The number of furan rings is 1. The first kappa shape index (κ1) is 22.9. The molecular formula is C27H31N7O2. The Labute approximate surface area is 209 Å². The molecule has 4 aromatic rings. The topological polar surface area (TPSA) is 120 Å². The van der Waals surface area contributed by atoms with Crippen LogP contribution in [0.1, 0.15) is 50.2 Å². The van der Waals surface area contributed by atoms with Crippen LogP contribution in [0.4, 0.5) is 5.69 Å². The Bertz CT molecular complexity index is 1360. The minimum absolute atomic E-state index is 0.0181. The first-order valence-corrected chi connectivity index (χ1v) is 12.6. The largest absolute Gasteiger partial charge is 0.472 e. The molecule has 0 spiro atoms. The van der Waals surface area contributed by atoms with Gasteiger partial charge < -0.3 is 20.0 Å². The van der Waals surface area contributed by atoms with E-state index in [0.717, 1.165) is 52.2 Å². The fourth-order valence-electron chi connectivity index (χ4n) is 5.44. The molecule has 36 heavy (non-hydrogen) atoms. The molecule has 0 aliphatic carbocycles. The van der Waals surface area contributed by atoms with Crippen LogP contribution in [-0.2, 0) is 4.79 Å². The Morgan fingerprint density at radius 2 is 2.14 bits per heavy atom. The van der Waals surface area contributed by atoms with Crippen LogP contribution in [0.25, 0.3) is 22.2 Å². The Morgan fingerprint density at radius 1 is 1.22 bits per heavy atom. The van der Waals surface area contributed by atoms with Crippen LogP contribution in [0.5, 0.6) is 0 Å². The van der Waals surface area contributed by atoms with Gasteiger partial charge in [-0.25, -0.2) is 10.4 Å². The predicted octanol–water partition coefficient (Wildman–Crippen LogP) is 4.07. The Balaban J connectivity index is 1.23. The fraction of sp³-hybridized carbons (Fsp3) is 0.370. The number of imidazole rings is 1. The van der Waals surface area contributed by atoms with Crippen LogP contribution in [-0.4, -0.2) is 33.4 Å². The number of amides is 1. The van der Waals surface area contributed by atoms with E-state index in [0.29, 0.717) is 18.3 Å². The smallest absolute Gasteiger partial charge is 0.224 e. The molecule has 5 heterocycles. The van der Waals surface area contributed by atoms with Gasteiger partial charge in [-0.05, 0) is 36.1 Å². The van der Waals surface area contributed by atoms with Crippen LogP contribution in [0.2, 0.25) is 0 Å². The number of pyridine rings is 1. The highest BCUT2D eigenvalue weighted by molar-refractivity contribution is 5.92. The molecule has 4 atom stereocenters. The van der Waals surface area contributed by atoms with Gasteiger partial charge in [0, 0.05) is 48.3 Å². The predicted molar refractivity (Wildman–Crippen MR) is 138 cm³/mol. The number of piperidine rings is 1. The molecule has 2 fully saturated rings. The second-order valence-electron chi connectivity index (χ2n) is 10.2. The van der Waals surface area contributed by atoms with E-state index < -0.39 is 0 Å². The van der Waals surface area contributed by atoms with E-state index in [1.807, 2.05) is 38.2 Å². The number of rotatable bonds is 6. The molecular weight excluding hydrogens is 454 g/mol. The van der Waals surface area contributed by atoms with E-state index in [2.05, 4.69) is 43.6 Å². The summed E-state index contributed by atoms with van der Waals surface area (Å²) in [5.41, 5.74) is 12.8. The third-order valence-corrected chi connectivity index (χ3v) is 7.16. The number of carbonyl (C=O) groups excluding carboxylic acids is 1. The molecule has 1 amide bonds. The highest BCUT2D eigenvalue weighted by atomic mass is 16.3. The standard InChI is InChI=1S/C27H31N7O2/c1-15(2)8-24(35)30-18-9-17(11-28-12-18)22-10-20-23(13-29-22)33-34-26(20)27-31-21-5-3-4-19(25(21)32-27)16-6-7-36-14-16/h3-7,9,11-12,14-15,20,22-23,26,29,33-34H,8,10,13H2,1-2H3,(H,30,35)(H,31,32). The summed E-state index contributed by atoms with van der Waals surface area (Å²) >= 11 is 0. The van der Waals surface area contributed by atoms with Crippen molar-refractivity contribution in [2.75, 3.05) is 11.9 Å². The quantitative estimate of drug-likeness (QED) is 0.279. The molecule has 186 valence electrons. The number of anilines is 1. The summed E-state index contributed by atoms with van der Waals surface area (Å²) in [6, 6.07) is 10.6. The van der Waals surface area contributed by atoms with Crippen molar-refractivity contribution in [1.82, 2.24) is 31.1 Å². The molecule has 6 rings (SSSR count). The van der Waals surface area contributed by atoms with Crippen molar-refractivity contribution >= 4 is 22.6 Å². The summed E-state index contributed by atoms with van der Waals surface area (Å²) in [5.74, 6) is 1.58. The van der Waals surface area contributed by atoms with E-state index in [9.17, 15) is 4.79 Å². The van der Waals surface area contributed by atoms with Gasteiger partial charge in [0.05, 0.1) is 41.5 Å². The van der Waals surface area contributed by atoms with Crippen molar-refractivity contribution in [3.05, 3.63) is 66.6 Å². The average Bonchev–Trinajstić information content (AvgIpc) is 3.62. The second kappa shape index (κ2) is 9.50. The summed E-state index contributed by atoms with van der Waals surface area (Å²) in [4.78, 5) is 25.2. The van der Waals surface area contributed by atoms with Gasteiger partial charge in [-0.15, -0.1) is 0 Å². The molecule has 9 nitrogen and oxygen atoms in total. The Hall–Kier alpha value is -3.53. The average molecular weight is 486 g/mol. The Kier molecular flexibility index (Phi) is 6.04. The molecule has 1 aromatic carbocycles. The lowest BCUT2D eigenvalue weighted by Gasteiger charge is -2.34. The third kappa shape index (κ3) is 4.41. The first-order valence-electron chi connectivity index (χ1n) is 12.6. The number of fused-ring (bicyclic) bond motifs is 2. The molecule has 2 aliphatic heterocycles. The minimum atomic E-state index is 0.0181. The highest BCUT2D eigenvalue weighted by Gasteiger charge is 2.42. The zero-order chi connectivity index (χ0) is 24.6. The molecule has 0 saturated carbocycles. The number of nitrogens with one attached hydrogen (secondary N) is 5. The van der Waals surface area contributed by atoms with Gasteiger partial charge in [-0.2, -0.15) is 0 Å². The zero-order valence-corrected chi connectivity index (χ0v) is 20.4. The van der Waals surface area contributed by atoms with Crippen molar-refractivity contribution in [2.24, 2.45) is 11.8 Å². The number of para-hydroxylation sites is 1. The molecule has 0 radical (unpaired) electrons. The van der Waals surface area contributed by atoms with Crippen LogP contribution in [0.3, 0.4) is 0 Å². The number of aromatic amines is 1. The van der Waals surface area contributed by atoms with E-state index in [1.54, 1.807) is 18.7 Å². The summed E-state index contributed by atoms with van der Waals surface area (Å²) < 4.78 is 5.30. The Morgan fingerprint density at radius 3 is 2.97 bits per heavy atom. The van der Waals surface area contributed by atoms with E-state index >= 15 is 0 Å². The van der Waals surface area contributed by atoms with Gasteiger partial charge in [-0.3, -0.25) is 15.2 Å². The van der Waals surface area contributed by atoms with Gasteiger partial charge in [0.25, 0.3) is 0 Å². The second-order valence-corrected chi connectivity index (χ2v) is 10.2. The number of hydrogen-bond donors (Lipinski definition) is 5. The molecule has 5 N–H and O–H groups in total. The first-order chi connectivity index (χ1) is 17.5. The SMILES string of the molecule is CC(C)CC(=O)Nc1cncc(C2CC3C(CN2)NNC3c2nc3c(-c4ccoc4)cccc3[nH]2)c1. The summed E-state index contributed by atoms with van der Waals surface area (Å²) in [7, 11) is 0. The number of benzene rings is 1. The number of nitrogens with zero attached hydrogens (tertiary/aromatic N) is 2. The van der Waals surface area contributed by atoms with Crippen LogP contribution >= 0.6 is 0 Å². The summed E-state index contributed by atoms with van der Waals surface area (Å²) in [5, 5.41) is 6.64. The number of carbonyl (C=O) groups is 1. The molecule has 2 saturated heterocycles. The molecule has 0 bridgehead atoms. The van der Waals surface area contributed by atoms with Crippen molar-refractivity contribution in [1.29, 1.82) is 0 Å². The zero-order valence-electron chi connectivity index (χ0n) is 20.4. The summed E-state index contributed by atoms with van der Waals surface area (Å²) in [6.07, 6.45) is 8.43. The summed E-state index contributed by atoms with van der Waals surface area (Å²) in [6.45, 7) is 4.90. The fourth-order valence-corrected chi connectivity index (χ4v) is 5.44. The molecule has 2 aliphatic rings. The normalized spacial score (nSPS) is 23.8. The number of hydrazine groups is 1. The van der Waals surface area contributed by atoms with Crippen molar-refractivity contribution in [2.45, 2.75) is 44.8 Å². The monoisotopic (exact) mass is 485 g/mol. The van der Waals surface area contributed by atoms with Crippen molar-refractivity contribution in [3.8, 4) is 11.1 Å². The van der Waals surface area contributed by atoms with Crippen LogP contribution < -0.4 is 21.5 Å². The number of H-pyrrole nitrogens is 1. The van der Waals surface area contributed by atoms with Gasteiger partial charge in [-0.1, -0.05) is 26.0 Å². The number of aromatic nitrogens is 3. The van der Waals surface area contributed by atoms with Gasteiger partial charge in [0.15, 0.2) is 0 Å². The van der Waals surface area contributed by atoms with E-state index in [1.165, 1.54) is 0 Å². The van der Waals surface area contributed by atoms with Crippen LogP contribution in [0.15, 0.2) is 59.7 Å². The maximum atomic E-state index is 12.2. The van der Waals surface area contributed by atoms with Gasteiger partial charge >= 0.3 is 0 Å². The number of hydrogen-bond acceptors (Lipinski definition) is 7. The molecule has 3 aromatic heterocycles. The van der Waals surface area contributed by atoms with Gasteiger partial charge in [0.1, 0.15) is 5.82 Å². The van der Waals surface area contributed by atoms with Crippen molar-refractivity contribution < 1.29 is 9.21 Å². The maximum absolute atomic E-state index is 12.2. The van der Waals surface area contributed by atoms with E-state index in [-0.39, 0.29) is 24.0 Å². The third-order valence-electron chi connectivity index (χ3n) is 7.16. The van der Waals surface area contributed by atoms with Gasteiger partial charge in [0.2, 0.25) is 5.91 Å². The van der Waals surface area contributed by atoms with Crippen molar-refractivity contribution in [3.63, 3.8) is 0 Å². The van der Waals surface area contributed by atoms with E-state index in [4.69, 9.17) is 9.40 Å². The maximum Gasteiger partial charge on any atom is 0.224 e. The molecule has 4 unspecified atom stereocenters. The lowest BCUT2D eigenvalue weighted by Crippen LogP contribution is -2.46. The lowest BCUT2D eigenvalue weighted by molar-refractivity contribution is -0.116. The lowest BCUT2D eigenvalue weighted by atomic mass is 9.82. The highest BCUT2D eigenvalue weighted by Crippen LogP contribution is 2.39. The molecule has 9 heteroatoms. The minimum Gasteiger partial charge on any atom is -0.472 e. The van der Waals surface area contributed by atoms with Crippen LogP contribution in [0, 0.1) is 11.8 Å².